The Morgan fingerprint density at radius 2 is 0.818 bits per heavy atom. The molecule has 14 heteroatoms. The first kappa shape index (κ1) is 39.6. The van der Waals surface area contributed by atoms with Gasteiger partial charge in [0.05, 0.1) is 57.2 Å². The van der Waals surface area contributed by atoms with Crippen LogP contribution in [0, 0.1) is 0 Å². The summed E-state index contributed by atoms with van der Waals surface area (Å²) in [4.78, 5) is 29.5. The Kier molecular flexibility index (Phi) is 9.95. The molecule has 12 rings (SSSR count). The summed E-state index contributed by atoms with van der Waals surface area (Å²) in [6.07, 6.45) is 7.58. The second kappa shape index (κ2) is 16.6. The third-order valence-electron chi connectivity index (χ3n) is 13.0. The largest absolute Gasteiger partial charge is 0.369 e. The number of hydrogen-bond acceptors (Lipinski definition) is 12. The van der Waals surface area contributed by atoms with E-state index in [-0.39, 0.29) is 0 Å². The number of fused-ring (bicyclic) bond motifs is 4. The lowest BCUT2D eigenvalue weighted by atomic mass is 10.1. The molecule has 14 nitrogen and oxygen atoms in total. The fourth-order valence-electron chi connectivity index (χ4n) is 9.22. The van der Waals surface area contributed by atoms with Crippen molar-refractivity contribution in [3.63, 3.8) is 0 Å². The number of hydrazine groups is 1. The van der Waals surface area contributed by atoms with E-state index in [0.29, 0.717) is 11.9 Å². The zero-order valence-electron chi connectivity index (χ0n) is 36.9. The third-order valence-corrected chi connectivity index (χ3v) is 13.0. The SMILES string of the molecule is CN1CCN(c2ccc(N(c3ncc4ccc(-c5cnc6ccccc6c5)n4n3)N(c3ccc(N4CCN(C)CC4)cc3)c3ncc4ccc(-c5cnc6ccccc6c5)n4n3)cc2)CC1. The lowest BCUT2D eigenvalue weighted by Gasteiger charge is -2.37. The van der Waals surface area contributed by atoms with Gasteiger partial charge < -0.3 is 19.6 Å². The Hall–Kier alpha value is -7.94. The third kappa shape index (κ3) is 7.35. The van der Waals surface area contributed by atoms with Gasteiger partial charge in [-0.25, -0.2) is 29.0 Å². The number of pyridine rings is 2. The van der Waals surface area contributed by atoms with Gasteiger partial charge in [0, 0.05) is 98.0 Å². The summed E-state index contributed by atoms with van der Waals surface area (Å²) in [6, 6.07) is 46.3. The predicted molar refractivity (Wildman–Crippen MR) is 264 cm³/mol. The van der Waals surface area contributed by atoms with Gasteiger partial charge in [0.2, 0.25) is 0 Å². The monoisotopic (exact) mass is 868 g/mol. The normalized spacial score (nSPS) is 15.1. The number of hydrogen-bond donors (Lipinski definition) is 0. The van der Waals surface area contributed by atoms with E-state index in [1.165, 1.54) is 11.4 Å². The van der Waals surface area contributed by atoms with Gasteiger partial charge >= 0.3 is 0 Å². The maximum Gasteiger partial charge on any atom is 0.267 e. The lowest BCUT2D eigenvalue weighted by molar-refractivity contribution is 0.313. The van der Waals surface area contributed by atoms with Crippen LogP contribution in [-0.2, 0) is 0 Å². The minimum absolute atomic E-state index is 0.430. The molecule has 10 aromatic rings. The van der Waals surface area contributed by atoms with E-state index >= 15 is 0 Å². The van der Waals surface area contributed by atoms with Crippen molar-refractivity contribution >= 4 is 67.5 Å². The molecule has 0 N–H and O–H groups in total. The highest BCUT2D eigenvalue weighted by atomic mass is 15.7. The van der Waals surface area contributed by atoms with E-state index in [9.17, 15) is 0 Å². The first-order chi connectivity index (χ1) is 32.5. The molecule has 4 aromatic carbocycles. The maximum absolute atomic E-state index is 5.37. The van der Waals surface area contributed by atoms with Gasteiger partial charge in [-0.05, 0) is 111 Å². The second-order valence-corrected chi connectivity index (χ2v) is 17.3. The van der Waals surface area contributed by atoms with Crippen LogP contribution in [0.15, 0.2) is 158 Å². The lowest BCUT2D eigenvalue weighted by Crippen LogP contribution is -2.44. The first-order valence-electron chi connectivity index (χ1n) is 22.6. The zero-order chi connectivity index (χ0) is 44.1. The number of piperazine rings is 2. The Labute approximate surface area is 382 Å². The molecule has 0 saturated carbocycles. The number of likely N-dealkylation sites (N-methyl/N-ethyl adjacent to an activating group) is 2. The molecule has 0 aliphatic carbocycles. The van der Waals surface area contributed by atoms with Crippen LogP contribution in [0.3, 0.4) is 0 Å². The number of para-hydroxylation sites is 2. The molecule has 66 heavy (non-hydrogen) atoms. The number of nitrogens with zero attached hydrogens (tertiary/aromatic N) is 14. The van der Waals surface area contributed by atoms with Crippen LogP contribution < -0.4 is 19.8 Å². The molecule has 0 unspecified atom stereocenters. The molecule has 2 aliphatic heterocycles. The molecular weight excluding hydrogens is 821 g/mol. The van der Waals surface area contributed by atoms with E-state index in [1.54, 1.807) is 0 Å². The molecular formula is C52H48N14. The predicted octanol–water partition coefficient (Wildman–Crippen LogP) is 8.60. The highest BCUT2D eigenvalue weighted by molar-refractivity contribution is 5.85. The molecule has 0 radical (unpaired) electrons. The molecule has 2 aliphatic rings. The van der Waals surface area contributed by atoms with E-state index in [1.807, 2.05) is 92.4 Å². The minimum atomic E-state index is 0.430. The topological polar surface area (TPSA) is 106 Å². The number of anilines is 6. The molecule has 2 saturated heterocycles. The van der Waals surface area contributed by atoms with Gasteiger partial charge in [-0.3, -0.25) is 9.97 Å². The Morgan fingerprint density at radius 1 is 0.409 bits per heavy atom. The highest BCUT2D eigenvalue weighted by Gasteiger charge is 2.29. The number of rotatable bonds is 9. The quantitative estimate of drug-likeness (QED) is 0.130. The summed E-state index contributed by atoms with van der Waals surface area (Å²) < 4.78 is 3.91. The summed E-state index contributed by atoms with van der Waals surface area (Å²) in [7, 11) is 4.37. The molecule has 2 fully saturated rings. The van der Waals surface area contributed by atoms with Gasteiger partial charge in [0.1, 0.15) is 0 Å². The van der Waals surface area contributed by atoms with Crippen LogP contribution >= 0.6 is 0 Å². The molecule has 0 bridgehead atoms. The van der Waals surface area contributed by atoms with Crippen LogP contribution in [0.1, 0.15) is 0 Å². The minimum Gasteiger partial charge on any atom is -0.369 e. The van der Waals surface area contributed by atoms with Gasteiger partial charge in [-0.15, -0.1) is 10.2 Å². The zero-order valence-corrected chi connectivity index (χ0v) is 36.9. The van der Waals surface area contributed by atoms with E-state index < -0.39 is 0 Å². The average molecular weight is 869 g/mol. The van der Waals surface area contributed by atoms with E-state index in [4.69, 9.17) is 30.1 Å². The number of aromatic nitrogens is 8. The van der Waals surface area contributed by atoms with Crippen LogP contribution in [0.5, 0.6) is 0 Å². The van der Waals surface area contributed by atoms with Crippen LogP contribution in [0.4, 0.5) is 34.6 Å². The molecule has 8 heterocycles. The molecule has 6 aromatic heterocycles. The molecule has 0 amide bonds. The molecule has 326 valence electrons. The van der Waals surface area contributed by atoms with Crippen molar-refractivity contribution in [1.82, 2.24) is 49.0 Å². The maximum atomic E-state index is 5.37. The standard InChI is InChI=1S/C52H48N14/c1-59-23-27-61(28-24-59)41-11-15-43(16-12-41)65(51-55-35-45-19-21-49(63(45)57-51)39-31-37-7-3-5-9-47(37)53-33-39)66(44-17-13-42(14-18-44)62-29-25-60(2)26-30-62)52-56-36-46-20-22-50(64(46)58-52)40-32-38-8-4-6-10-48(38)54-34-40/h3-22,31-36H,23-30H2,1-2H3. The average Bonchev–Trinajstić information content (AvgIpc) is 4.00. The van der Waals surface area contributed by atoms with Crippen LogP contribution in [0.25, 0.3) is 55.4 Å². The van der Waals surface area contributed by atoms with Crippen molar-refractivity contribution in [2.75, 3.05) is 86.3 Å². The fraction of sp³-hybridized carbons (Fsp3) is 0.192. The summed E-state index contributed by atoms with van der Waals surface area (Å²) in [5, 5.41) is 16.9. The summed E-state index contributed by atoms with van der Waals surface area (Å²) in [6.45, 7) is 7.92. The molecule has 0 atom stereocenters. The van der Waals surface area contributed by atoms with E-state index in [0.717, 1.165) is 119 Å². The Bertz CT molecular complexity index is 3120. The Morgan fingerprint density at radius 3 is 1.24 bits per heavy atom. The first-order valence-corrected chi connectivity index (χ1v) is 22.6. The van der Waals surface area contributed by atoms with Crippen LogP contribution in [0.2, 0.25) is 0 Å². The van der Waals surface area contributed by atoms with Crippen molar-refractivity contribution in [3.8, 4) is 22.5 Å². The van der Waals surface area contributed by atoms with Gasteiger partial charge in [-0.1, -0.05) is 36.4 Å². The van der Waals surface area contributed by atoms with Crippen molar-refractivity contribution in [1.29, 1.82) is 0 Å². The van der Waals surface area contributed by atoms with Crippen molar-refractivity contribution in [2.45, 2.75) is 0 Å². The smallest absolute Gasteiger partial charge is 0.267 e. The van der Waals surface area contributed by atoms with Crippen molar-refractivity contribution < 1.29 is 0 Å². The van der Waals surface area contributed by atoms with Crippen molar-refractivity contribution in [2.24, 2.45) is 0 Å². The summed E-state index contributed by atoms with van der Waals surface area (Å²) >= 11 is 0. The second-order valence-electron chi connectivity index (χ2n) is 17.3. The van der Waals surface area contributed by atoms with Crippen LogP contribution in [-0.4, -0.2) is 115 Å². The van der Waals surface area contributed by atoms with Gasteiger partial charge in [0.25, 0.3) is 11.9 Å². The number of benzene rings is 4. The highest BCUT2D eigenvalue weighted by Crippen LogP contribution is 2.37. The van der Waals surface area contributed by atoms with E-state index in [2.05, 4.69) is 119 Å². The molecule has 0 spiro atoms. The fourth-order valence-corrected chi connectivity index (χ4v) is 9.22. The Balaban J connectivity index is 1.03. The van der Waals surface area contributed by atoms with Gasteiger partial charge in [-0.2, -0.15) is 0 Å². The van der Waals surface area contributed by atoms with Crippen molar-refractivity contribution in [3.05, 3.63) is 158 Å². The van der Waals surface area contributed by atoms with Gasteiger partial charge in [0.15, 0.2) is 0 Å². The summed E-state index contributed by atoms with van der Waals surface area (Å²) in [5.41, 5.74) is 11.3. The summed E-state index contributed by atoms with van der Waals surface area (Å²) in [5.74, 6) is 0.860.